The molecule has 0 saturated carbocycles. The Morgan fingerprint density at radius 1 is 1.36 bits per heavy atom. The van der Waals surface area contributed by atoms with Gasteiger partial charge in [0.15, 0.2) is 0 Å². The fourth-order valence-electron chi connectivity index (χ4n) is 3.20. The van der Waals surface area contributed by atoms with Gasteiger partial charge in [-0.1, -0.05) is 6.07 Å². The van der Waals surface area contributed by atoms with Crippen LogP contribution in [0, 0.1) is 0 Å². The van der Waals surface area contributed by atoms with Crippen molar-refractivity contribution < 1.29 is 14.3 Å². The van der Waals surface area contributed by atoms with E-state index in [1.54, 1.807) is 18.4 Å². The minimum absolute atomic E-state index is 0.0262. The highest BCUT2D eigenvalue weighted by Gasteiger charge is 2.26. The van der Waals surface area contributed by atoms with Crippen LogP contribution in [0.25, 0.3) is 0 Å². The van der Waals surface area contributed by atoms with Crippen LogP contribution in [0.5, 0.6) is 5.75 Å². The highest BCUT2D eigenvalue weighted by molar-refractivity contribution is 7.10. The highest BCUT2D eigenvalue weighted by Crippen LogP contribution is 2.32. The second kappa shape index (κ2) is 7.70. The van der Waals surface area contributed by atoms with Crippen LogP contribution < -0.4 is 15.0 Å². The van der Waals surface area contributed by atoms with Crippen LogP contribution in [0.3, 0.4) is 0 Å². The molecule has 1 N–H and O–H groups in total. The largest absolute Gasteiger partial charge is 0.497 e. The van der Waals surface area contributed by atoms with Crippen LogP contribution in [0.4, 0.5) is 5.69 Å². The van der Waals surface area contributed by atoms with Crippen molar-refractivity contribution in [3.63, 3.8) is 0 Å². The molecule has 2 heterocycles. The van der Waals surface area contributed by atoms with Gasteiger partial charge in [0.25, 0.3) is 0 Å². The first-order chi connectivity index (χ1) is 12.1. The third kappa shape index (κ3) is 4.02. The van der Waals surface area contributed by atoms with Crippen LogP contribution in [0.1, 0.15) is 36.2 Å². The number of rotatable bonds is 5. The number of anilines is 1. The Hall–Kier alpha value is -2.34. The average Bonchev–Trinajstić information content (AvgIpc) is 3.14. The van der Waals surface area contributed by atoms with E-state index in [0.717, 1.165) is 34.7 Å². The lowest BCUT2D eigenvalue weighted by molar-refractivity contribution is -0.121. The average molecular weight is 358 g/mol. The van der Waals surface area contributed by atoms with E-state index in [1.165, 1.54) is 6.92 Å². The second-order valence-corrected chi connectivity index (χ2v) is 7.10. The summed E-state index contributed by atoms with van der Waals surface area (Å²) < 4.78 is 5.28. The maximum Gasteiger partial charge on any atom is 0.229 e. The van der Waals surface area contributed by atoms with Gasteiger partial charge in [-0.25, -0.2) is 0 Å². The third-order valence-corrected chi connectivity index (χ3v) is 5.34. The topological polar surface area (TPSA) is 58.6 Å². The second-order valence-electron chi connectivity index (χ2n) is 6.12. The Bertz CT molecular complexity index is 758. The van der Waals surface area contributed by atoms with Crippen molar-refractivity contribution in [2.45, 2.75) is 32.2 Å². The highest BCUT2D eigenvalue weighted by atomic mass is 32.1. The van der Waals surface area contributed by atoms with Crippen molar-refractivity contribution in [3.8, 4) is 5.75 Å². The summed E-state index contributed by atoms with van der Waals surface area (Å²) in [6.45, 7) is 2.18. The molecule has 5 nitrogen and oxygen atoms in total. The monoisotopic (exact) mass is 358 g/mol. The predicted octanol–water partition coefficient (Wildman–Crippen LogP) is 3.30. The van der Waals surface area contributed by atoms with Crippen molar-refractivity contribution in [2.24, 2.45) is 0 Å². The molecule has 2 aromatic rings. The van der Waals surface area contributed by atoms with E-state index in [-0.39, 0.29) is 24.3 Å². The van der Waals surface area contributed by atoms with Crippen LogP contribution in [-0.4, -0.2) is 25.5 Å². The van der Waals surface area contributed by atoms with Crippen LogP contribution >= 0.6 is 11.3 Å². The van der Waals surface area contributed by atoms with Crippen LogP contribution in [0.15, 0.2) is 35.7 Å². The number of aryl methyl sites for hydroxylation is 1. The minimum atomic E-state index is -0.284. The van der Waals surface area contributed by atoms with E-state index in [9.17, 15) is 9.59 Å². The van der Waals surface area contributed by atoms with Gasteiger partial charge in [0.2, 0.25) is 11.8 Å². The summed E-state index contributed by atoms with van der Waals surface area (Å²) in [6, 6.07) is 9.43. The number of hydrogen-bond acceptors (Lipinski definition) is 4. The van der Waals surface area contributed by atoms with Gasteiger partial charge in [-0.3, -0.25) is 9.59 Å². The zero-order valence-electron chi connectivity index (χ0n) is 14.5. The van der Waals surface area contributed by atoms with E-state index in [0.29, 0.717) is 6.54 Å². The minimum Gasteiger partial charge on any atom is -0.497 e. The van der Waals surface area contributed by atoms with E-state index in [1.807, 2.05) is 40.6 Å². The molecule has 3 rings (SSSR count). The standard InChI is InChI=1S/C19H22N2O3S/c1-13(22)20-16(18-6-4-10-25-18)12-19(23)21-9-3-5-14-11-15(24-2)7-8-17(14)21/h4,6-8,10-11,16H,3,5,9,12H2,1-2H3,(H,20,22). The first-order valence-electron chi connectivity index (χ1n) is 8.36. The van der Waals surface area contributed by atoms with Gasteiger partial charge in [-0.15, -0.1) is 11.3 Å². The molecule has 2 amide bonds. The molecular formula is C19H22N2O3S. The Morgan fingerprint density at radius 3 is 2.88 bits per heavy atom. The number of fused-ring (bicyclic) bond motifs is 1. The quantitative estimate of drug-likeness (QED) is 0.892. The van der Waals surface area contributed by atoms with Crippen molar-refractivity contribution in [1.82, 2.24) is 5.32 Å². The number of methoxy groups -OCH3 is 1. The molecule has 1 atom stereocenters. The maximum absolute atomic E-state index is 13.0. The smallest absolute Gasteiger partial charge is 0.229 e. The molecule has 1 aliphatic rings. The normalized spacial score (nSPS) is 14.6. The fraction of sp³-hybridized carbons (Fsp3) is 0.368. The molecule has 1 unspecified atom stereocenters. The molecule has 1 aromatic carbocycles. The molecule has 132 valence electrons. The molecule has 0 aliphatic carbocycles. The molecule has 0 fully saturated rings. The molecule has 0 bridgehead atoms. The van der Waals surface area contributed by atoms with Gasteiger partial charge >= 0.3 is 0 Å². The maximum atomic E-state index is 13.0. The SMILES string of the molecule is COc1ccc2c(c1)CCCN2C(=O)CC(NC(C)=O)c1cccs1. The number of thiophene rings is 1. The van der Waals surface area contributed by atoms with Gasteiger partial charge < -0.3 is 15.0 Å². The molecule has 0 radical (unpaired) electrons. The Morgan fingerprint density at radius 2 is 2.20 bits per heavy atom. The summed E-state index contributed by atoms with van der Waals surface area (Å²) in [6.07, 6.45) is 2.12. The summed E-state index contributed by atoms with van der Waals surface area (Å²) in [5.74, 6) is 0.705. The molecule has 0 spiro atoms. The number of carbonyl (C=O) groups is 2. The van der Waals surface area contributed by atoms with Gasteiger partial charge in [-0.05, 0) is 48.1 Å². The van der Waals surface area contributed by atoms with Crippen LogP contribution in [0.2, 0.25) is 0 Å². The Labute approximate surface area is 151 Å². The van der Waals surface area contributed by atoms with Crippen molar-refractivity contribution >= 4 is 28.8 Å². The molecule has 6 heteroatoms. The molecule has 25 heavy (non-hydrogen) atoms. The molecule has 1 aromatic heterocycles. The number of ether oxygens (including phenoxy) is 1. The number of nitrogens with one attached hydrogen (secondary N) is 1. The summed E-state index contributed by atoms with van der Waals surface area (Å²) in [5, 5.41) is 4.85. The summed E-state index contributed by atoms with van der Waals surface area (Å²) >= 11 is 1.55. The number of amides is 2. The molecule has 0 saturated heterocycles. The van der Waals surface area contributed by atoms with Gasteiger partial charge in [0, 0.05) is 24.0 Å². The first-order valence-corrected chi connectivity index (χ1v) is 9.24. The van der Waals surface area contributed by atoms with Gasteiger partial charge in [-0.2, -0.15) is 0 Å². The van der Waals surface area contributed by atoms with Crippen molar-refractivity contribution in [3.05, 3.63) is 46.2 Å². The first kappa shape index (κ1) is 17.5. The zero-order chi connectivity index (χ0) is 17.8. The van der Waals surface area contributed by atoms with E-state index >= 15 is 0 Å². The summed E-state index contributed by atoms with van der Waals surface area (Å²) in [7, 11) is 1.65. The van der Waals surface area contributed by atoms with Crippen LogP contribution in [-0.2, 0) is 16.0 Å². The van der Waals surface area contributed by atoms with Crippen molar-refractivity contribution in [1.29, 1.82) is 0 Å². The lowest BCUT2D eigenvalue weighted by atomic mass is 10.00. The predicted molar refractivity (Wildman–Crippen MR) is 99.2 cm³/mol. The summed E-state index contributed by atoms with van der Waals surface area (Å²) in [5.41, 5.74) is 2.08. The fourth-order valence-corrected chi connectivity index (χ4v) is 3.98. The Balaban J connectivity index is 1.80. The number of nitrogens with zero attached hydrogens (tertiary/aromatic N) is 1. The molecular weight excluding hydrogens is 336 g/mol. The number of benzene rings is 1. The van der Waals surface area contributed by atoms with E-state index < -0.39 is 0 Å². The molecule has 1 aliphatic heterocycles. The third-order valence-electron chi connectivity index (χ3n) is 4.35. The lowest BCUT2D eigenvalue weighted by Gasteiger charge is -2.31. The van der Waals surface area contributed by atoms with E-state index in [4.69, 9.17) is 4.74 Å². The number of hydrogen-bond donors (Lipinski definition) is 1. The lowest BCUT2D eigenvalue weighted by Crippen LogP contribution is -2.38. The van der Waals surface area contributed by atoms with Gasteiger partial charge in [0.1, 0.15) is 5.75 Å². The Kier molecular flexibility index (Phi) is 5.38. The van der Waals surface area contributed by atoms with E-state index in [2.05, 4.69) is 5.32 Å². The summed E-state index contributed by atoms with van der Waals surface area (Å²) in [4.78, 5) is 27.3. The van der Waals surface area contributed by atoms with Crippen molar-refractivity contribution in [2.75, 3.05) is 18.6 Å². The van der Waals surface area contributed by atoms with Gasteiger partial charge in [0.05, 0.1) is 19.6 Å². The number of carbonyl (C=O) groups excluding carboxylic acids is 2. The zero-order valence-corrected chi connectivity index (χ0v) is 15.3.